The molecule has 0 spiro atoms. The monoisotopic (exact) mass is 395 g/mol. The van der Waals surface area contributed by atoms with Gasteiger partial charge in [-0.3, -0.25) is 4.79 Å². The molecule has 1 aliphatic carbocycles. The minimum Gasteiger partial charge on any atom is -0.365 e. The summed E-state index contributed by atoms with van der Waals surface area (Å²) < 4.78 is 0. The van der Waals surface area contributed by atoms with E-state index in [2.05, 4.69) is 42.8 Å². The fourth-order valence-electron chi connectivity index (χ4n) is 3.65. The van der Waals surface area contributed by atoms with E-state index in [1.807, 2.05) is 31.9 Å². The maximum Gasteiger partial charge on any atom is 0.254 e. The lowest BCUT2D eigenvalue weighted by Gasteiger charge is -2.30. The summed E-state index contributed by atoms with van der Waals surface area (Å²) >= 11 is 0. The van der Waals surface area contributed by atoms with E-state index in [1.54, 1.807) is 0 Å². The average Bonchev–Trinajstić information content (AvgIpc) is 3.41. The van der Waals surface area contributed by atoms with Crippen LogP contribution >= 0.6 is 0 Å². The Morgan fingerprint density at radius 1 is 1.31 bits per heavy atom. The summed E-state index contributed by atoms with van der Waals surface area (Å²) in [6.45, 7) is 17.2. The van der Waals surface area contributed by atoms with Crippen molar-refractivity contribution in [2.24, 2.45) is 4.99 Å². The fraction of sp³-hybridized carbons (Fsp3) is 0.565. The van der Waals surface area contributed by atoms with Crippen LogP contribution in [0.5, 0.6) is 0 Å². The Hall–Kier alpha value is -2.50. The molecule has 6 heteroatoms. The van der Waals surface area contributed by atoms with Crippen molar-refractivity contribution >= 4 is 12.6 Å². The normalized spacial score (nSPS) is 18.0. The van der Waals surface area contributed by atoms with Crippen LogP contribution in [0.1, 0.15) is 77.4 Å². The van der Waals surface area contributed by atoms with Gasteiger partial charge in [0.15, 0.2) is 0 Å². The Bertz CT molecular complexity index is 889. The number of hydrogen-bond donors (Lipinski definition) is 1. The SMILES string of the molecule is C=N/C(NC1(C)CC1)=C(\C)C(C(=O)N1CCc2cnc(C(C)C)nc2C1)=C(C)C. The van der Waals surface area contributed by atoms with Crippen molar-refractivity contribution < 1.29 is 4.79 Å². The molecule has 0 aromatic carbocycles. The number of nitrogens with zero attached hydrogens (tertiary/aromatic N) is 4. The Kier molecular flexibility index (Phi) is 5.92. The van der Waals surface area contributed by atoms with E-state index in [4.69, 9.17) is 4.98 Å². The van der Waals surface area contributed by atoms with E-state index in [9.17, 15) is 4.79 Å². The molecule has 29 heavy (non-hydrogen) atoms. The molecule has 1 saturated carbocycles. The van der Waals surface area contributed by atoms with Gasteiger partial charge >= 0.3 is 0 Å². The van der Waals surface area contributed by atoms with Gasteiger partial charge < -0.3 is 10.2 Å². The number of aliphatic imine (C=N–C) groups is 1. The Balaban J connectivity index is 1.88. The highest BCUT2D eigenvalue weighted by atomic mass is 16.2. The van der Waals surface area contributed by atoms with Gasteiger partial charge in [-0.15, -0.1) is 0 Å². The molecule has 1 fully saturated rings. The van der Waals surface area contributed by atoms with E-state index >= 15 is 0 Å². The van der Waals surface area contributed by atoms with E-state index in [1.165, 1.54) is 0 Å². The number of aromatic nitrogens is 2. The molecule has 1 amide bonds. The third kappa shape index (κ3) is 4.57. The first-order valence-electron chi connectivity index (χ1n) is 10.4. The van der Waals surface area contributed by atoms with Gasteiger partial charge in [0.25, 0.3) is 5.91 Å². The zero-order valence-corrected chi connectivity index (χ0v) is 18.6. The predicted octanol–water partition coefficient (Wildman–Crippen LogP) is 3.90. The quantitative estimate of drug-likeness (QED) is 0.451. The third-order valence-electron chi connectivity index (χ3n) is 5.79. The Morgan fingerprint density at radius 2 is 2.00 bits per heavy atom. The van der Waals surface area contributed by atoms with E-state index in [-0.39, 0.29) is 17.4 Å². The van der Waals surface area contributed by atoms with Gasteiger partial charge in [0.05, 0.1) is 12.2 Å². The fourth-order valence-corrected chi connectivity index (χ4v) is 3.65. The molecule has 1 aromatic rings. The number of hydrogen-bond acceptors (Lipinski definition) is 5. The van der Waals surface area contributed by atoms with Crippen LogP contribution in [0.25, 0.3) is 0 Å². The predicted molar refractivity (Wildman–Crippen MR) is 117 cm³/mol. The number of carbonyl (C=O) groups excluding carboxylic acids is 1. The molecule has 0 saturated heterocycles. The number of fused-ring (bicyclic) bond motifs is 1. The molecule has 0 bridgehead atoms. The number of nitrogens with one attached hydrogen (secondary N) is 1. The molecule has 1 aliphatic heterocycles. The number of rotatable bonds is 6. The molecule has 1 aromatic heterocycles. The molecule has 156 valence electrons. The van der Waals surface area contributed by atoms with Crippen molar-refractivity contribution in [3.63, 3.8) is 0 Å². The molecule has 0 unspecified atom stereocenters. The molecule has 6 nitrogen and oxygen atoms in total. The molecule has 2 aliphatic rings. The second-order valence-corrected chi connectivity index (χ2v) is 9.02. The van der Waals surface area contributed by atoms with Crippen molar-refractivity contribution in [1.82, 2.24) is 20.2 Å². The first-order chi connectivity index (χ1) is 13.6. The van der Waals surface area contributed by atoms with Crippen LogP contribution in [-0.2, 0) is 17.8 Å². The highest BCUT2D eigenvalue weighted by Gasteiger charge is 2.38. The minimum atomic E-state index is 0.0294. The standard InChI is InChI=1S/C23H33N5O/c1-14(2)19(16(5)21(24-7)27-23(6)9-10-23)22(29)28-11-8-17-12-25-20(15(3)4)26-18(17)13-28/h12,15,27H,7-11,13H2,1-6H3/b21-16-. The summed E-state index contributed by atoms with van der Waals surface area (Å²) in [4.78, 5) is 28.8. The van der Waals surface area contributed by atoms with Gasteiger partial charge in [-0.1, -0.05) is 19.4 Å². The Morgan fingerprint density at radius 3 is 2.55 bits per heavy atom. The highest BCUT2D eigenvalue weighted by Crippen LogP contribution is 2.36. The first-order valence-corrected chi connectivity index (χ1v) is 10.4. The molecule has 3 rings (SSSR count). The summed E-state index contributed by atoms with van der Waals surface area (Å²) in [5, 5.41) is 3.47. The Labute approximate surface area is 174 Å². The third-order valence-corrected chi connectivity index (χ3v) is 5.79. The van der Waals surface area contributed by atoms with Crippen LogP contribution in [-0.4, -0.2) is 39.6 Å². The van der Waals surface area contributed by atoms with Crippen molar-refractivity contribution in [1.29, 1.82) is 0 Å². The van der Waals surface area contributed by atoms with Crippen LogP contribution in [0.15, 0.2) is 33.7 Å². The maximum absolute atomic E-state index is 13.5. The first kappa shape index (κ1) is 21.2. The lowest BCUT2D eigenvalue weighted by atomic mass is 9.98. The second kappa shape index (κ2) is 8.09. The van der Waals surface area contributed by atoms with Gasteiger partial charge in [-0.2, -0.15) is 0 Å². The van der Waals surface area contributed by atoms with Crippen molar-refractivity contribution in [2.45, 2.75) is 78.8 Å². The van der Waals surface area contributed by atoms with Gasteiger partial charge in [0.1, 0.15) is 11.6 Å². The summed E-state index contributed by atoms with van der Waals surface area (Å²) in [5.41, 5.74) is 4.72. The van der Waals surface area contributed by atoms with Crippen molar-refractivity contribution in [3.8, 4) is 0 Å². The number of carbonyl (C=O) groups is 1. The molecule has 2 heterocycles. The van der Waals surface area contributed by atoms with Gasteiger partial charge in [0.2, 0.25) is 0 Å². The maximum atomic E-state index is 13.5. The average molecular weight is 396 g/mol. The van der Waals surface area contributed by atoms with E-state index in [0.717, 1.165) is 47.5 Å². The number of amides is 1. The summed E-state index contributed by atoms with van der Waals surface area (Å²) in [7, 11) is 0. The molecular weight excluding hydrogens is 362 g/mol. The van der Waals surface area contributed by atoms with Crippen molar-refractivity contribution in [2.75, 3.05) is 6.54 Å². The zero-order chi connectivity index (χ0) is 21.3. The minimum absolute atomic E-state index is 0.0294. The van der Waals surface area contributed by atoms with Crippen LogP contribution in [0.3, 0.4) is 0 Å². The highest BCUT2D eigenvalue weighted by molar-refractivity contribution is 5.98. The van der Waals surface area contributed by atoms with Crippen LogP contribution in [0.2, 0.25) is 0 Å². The summed E-state index contributed by atoms with van der Waals surface area (Å²) in [6, 6.07) is 0. The van der Waals surface area contributed by atoms with E-state index in [0.29, 0.717) is 24.5 Å². The van der Waals surface area contributed by atoms with Gasteiger partial charge in [-0.25, -0.2) is 15.0 Å². The van der Waals surface area contributed by atoms with Crippen LogP contribution < -0.4 is 5.32 Å². The smallest absolute Gasteiger partial charge is 0.254 e. The second-order valence-electron chi connectivity index (χ2n) is 9.02. The lowest BCUT2D eigenvalue weighted by molar-refractivity contribution is -0.127. The summed E-state index contributed by atoms with van der Waals surface area (Å²) in [6.07, 6.45) is 4.92. The van der Waals surface area contributed by atoms with E-state index < -0.39 is 0 Å². The van der Waals surface area contributed by atoms with Gasteiger partial charge in [-0.05, 0) is 59.2 Å². The van der Waals surface area contributed by atoms with Gasteiger partial charge in [0, 0.05) is 35.3 Å². The summed E-state index contributed by atoms with van der Waals surface area (Å²) in [5.74, 6) is 1.83. The largest absolute Gasteiger partial charge is 0.365 e. The zero-order valence-electron chi connectivity index (χ0n) is 18.6. The lowest BCUT2D eigenvalue weighted by Crippen LogP contribution is -2.38. The van der Waals surface area contributed by atoms with Crippen molar-refractivity contribution in [3.05, 3.63) is 45.8 Å². The topological polar surface area (TPSA) is 70.5 Å². The molecule has 1 N–H and O–H groups in total. The molecule has 0 atom stereocenters. The molecular formula is C23H33N5O. The number of allylic oxidation sites excluding steroid dienone is 1. The van der Waals surface area contributed by atoms with Crippen LogP contribution in [0.4, 0.5) is 0 Å². The molecule has 0 radical (unpaired) electrons. The van der Waals surface area contributed by atoms with Crippen LogP contribution in [0, 0.1) is 0 Å².